The first-order valence-corrected chi connectivity index (χ1v) is 4.67. The Morgan fingerprint density at radius 3 is 2.53 bits per heavy atom. The van der Waals surface area contributed by atoms with Crippen molar-refractivity contribution in [3.05, 3.63) is 17.7 Å². The first-order valence-electron chi connectivity index (χ1n) is 4.67. The van der Waals surface area contributed by atoms with E-state index >= 15 is 0 Å². The van der Waals surface area contributed by atoms with E-state index in [-0.39, 0.29) is 0 Å². The number of hydrogen-bond donors (Lipinski definition) is 1. The molecule has 0 saturated carbocycles. The summed E-state index contributed by atoms with van der Waals surface area (Å²) in [5.74, 6) is 1.73. The van der Waals surface area contributed by atoms with E-state index in [0.717, 1.165) is 11.3 Å². The fraction of sp³-hybridized carbons (Fsp3) is 0.400. The highest BCUT2D eigenvalue weighted by molar-refractivity contribution is 6.17. The van der Waals surface area contributed by atoms with Gasteiger partial charge in [-0.25, -0.2) is 0 Å². The average molecular weight is 209 g/mol. The molecule has 0 aliphatic rings. The zero-order chi connectivity index (χ0) is 11.3. The van der Waals surface area contributed by atoms with Gasteiger partial charge >= 0.3 is 7.69 Å². The van der Waals surface area contributed by atoms with Gasteiger partial charge in [0.05, 0.1) is 13.7 Å². The van der Waals surface area contributed by atoms with Crippen molar-refractivity contribution in [3.63, 3.8) is 0 Å². The van der Waals surface area contributed by atoms with Crippen molar-refractivity contribution < 1.29 is 19.2 Å². The van der Waals surface area contributed by atoms with Crippen LogP contribution in [-0.2, 0) is 0 Å². The summed E-state index contributed by atoms with van der Waals surface area (Å²) in [6.45, 7) is 4.41. The third kappa shape index (κ3) is 2.79. The lowest BCUT2D eigenvalue weighted by molar-refractivity contribution is 0.330. The van der Waals surface area contributed by atoms with Crippen LogP contribution in [0.2, 0.25) is 0 Å². The second kappa shape index (κ2) is 5.51. The van der Waals surface area contributed by atoms with Crippen molar-refractivity contribution in [1.82, 2.24) is 0 Å². The van der Waals surface area contributed by atoms with Crippen molar-refractivity contribution in [1.29, 1.82) is 0 Å². The highest BCUT2D eigenvalue weighted by Crippen LogP contribution is 2.34. The SMILES string of the molecule is CCOc1cc(OC)c(O[B]O)cc1C. The molecule has 0 aliphatic heterocycles. The Hall–Kier alpha value is -1.36. The monoisotopic (exact) mass is 209 g/mol. The Labute approximate surface area is 90.1 Å². The van der Waals surface area contributed by atoms with Gasteiger partial charge in [0.25, 0.3) is 0 Å². The van der Waals surface area contributed by atoms with Gasteiger partial charge in [-0.1, -0.05) is 0 Å². The highest BCUT2D eigenvalue weighted by atomic mass is 16.5. The van der Waals surface area contributed by atoms with E-state index < -0.39 is 0 Å². The number of ether oxygens (including phenoxy) is 2. The standard InChI is InChI=1S/C10H14BO4/c1-4-14-8-6-9(13-3)10(15-11-12)5-7(8)2/h5-6,12H,4H2,1-3H3. The number of methoxy groups -OCH3 is 1. The molecular weight excluding hydrogens is 195 g/mol. The van der Waals surface area contributed by atoms with Gasteiger partial charge in [-0.3, -0.25) is 0 Å². The molecule has 0 amide bonds. The second-order valence-corrected chi connectivity index (χ2v) is 2.92. The van der Waals surface area contributed by atoms with Gasteiger partial charge in [0.2, 0.25) is 0 Å². The zero-order valence-corrected chi connectivity index (χ0v) is 9.11. The molecule has 81 valence electrons. The van der Waals surface area contributed by atoms with E-state index in [1.807, 2.05) is 13.8 Å². The van der Waals surface area contributed by atoms with Gasteiger partial charge in [0, 0.05) is 6.07 Å². The predicted molar refractivity (Wildman–Crippen MR) is 57.5 cm³/mol. The maximum absolute atomic E-state index is 8.57. The summed E-state index contributed by atoms with van der Waals surface area (Å²) in [5.41, 5.74) is 0.925. The van der Waals surface area contributed by atoms with Gasteiger partial charge in [0.1, 0.15) is 11.5 Å². The average Bonchev–Trinajstić information content (AvgIpc) is 2.22. The molecule has 0 unspecified atom stereocenters. The van der Waals surface area contributed by atoms with E-state index in [4.69, 9.17) is 19.2 Å². The summed E-state index contributed by atoms with van der Waals surface area (Å²) >= 11 is 0. The number of rotatable bonds is 5. The molecule has 0 aliphatic carbocycles. The molecule has 15 heavy (non-hydrogen) atoms. The van der Waals surface area contributed by atoms with Crippen LogP contribution in [0.3, 0.4) is 0 Å². The van der Waals surface area contributed by atoms with Crippen molar-refractivity contribution in [2.75, 3.05) is 13.7 Å². The first kappa shape index (κ1) is 11.7. The Kier molecular flexibility index (Phi) is 4.30. The van der Waals surface area contributed by atoms with Gasteiger partial charge in [-0.15, -0.1) is 0 Å². The summed E-state index contributed by atoms with van der Waals surface area (Å²) in [7, 11) is 2.16. The predicted octanol–water partition coefficient (Wildman–Crippen LogP) is 1.31. The Balaban J connectivity index is 3.04. The molecule has 0 fully saturated rings. The molecule has 5 heteroatoms. The van der Waals surface area contributed by atoms with Crippen molar-refractivity contribution in [3.8, 4) is 17.2 Å². The molecule has 0 heterocycles. The van der Waals surface area contributed by atoms with Gasteiger partial charge in [-0.05, 0) is 25.5 Å². The zero-order valence-electron chi connectivity index (χ0n) is 9.11. The summed E-state index contributed by atoms with van der Waals surface area (Å²) < 4.78 is 15.4. The van der Waals surface area contributed by atoms with E-state index in [2.05, 4.69) is 0 Å². The summed E-state index contributed by atoms with van der Waals surface area (Å²) in [6, 6.07) is 3.48. The molecule has 1 rings (SSSR count). The molecule has 0 saturated heterocycles. The van der Waals surface area contributed by atoms with Gasteiger partial charge in [0.15, 0.2) is 5.75 Å². The van der Waals surface area contributed by atoms with Gasteiger partial charge < -0.3 is 19.2 Å². The minimum atomic E-state index is 0.459. The molecular formula is C10H14BO4. The van der Waals surface area contributed by atoms with Crippen LogP contribution < -0.4 is 14.1 Å². The molecule has 1 aromatic carbocycles. The normalized spacial score (nSPS) is 9.60. The third-order valence-corrected chi connectivity index (χ3v) is 1.94. The summed E-state index contributed by atoms with van der Waals surface area (Å²) in [4.78, 5) is 0. The maximum atomic E-state index is 8.57. The van der Waals surface area contributed by atoms with Crippen molar-refractivity contribution in [2.24, 2.45) is 0 Å². The van der Waals surface area contributed by atoms with Crippen LogP contribution in [0.15, 0.2) is 12.1 Å². The number of aryl methyl sites for hydroxylation is 1. The van der Waals surface area contributed by atoms with Crippen LogP contribution in [0.25, 0.3) is 0 Å². The second-order valence-electron chi connectivity index (χ2n) is 2.92. The lowest BCUT2D eigenvalue weighted by atomic mass is 10.2. The number of benzene rings is 1. The third-order valence-electron chi connectivity index (χ3n) is 1.94. The maximum Gasteiger partial charge on any atom is 0.569 e. The number of hydrogen-bond acceptors (Lipinski definition) is 4. The molecule has 0 spiro atoms. The molecule has 1 N–H and O–H groups in total. The fourth-order valence-electron chi connectivity index (χ4n) is 1.26. The van der Waals surface area contributed by atoms with Crippen molar-refractivity contribution >= 4 is 7.69 Å². The molecule has 0 atom stereocenters. The Morgan fingerprint density at radius 2 is 2.00 bits per heavy atom. The van der Waals surface area contributed by atoms with E-state index in [1.54, 1.807) is 12.1 Å². The lowest BCUT2D eigenvalue weighted by Gasteiger charge is -2.13. The highest BCUT2D eigenvalue weighted by Gasteiger charge is 2.09. The Morgan fingerprint density at radius 1 is 1.27 bits per heavy atom. The summed E-state index contributed by atoms with van der Waals surface area (Å²) in [5, 5.41) is 8.57. The molecule has 1 aromatic rings. The van der Waals surface area contributed by atoms with Gasteiger partial charge in [-0.2, -0.15) is 0 Å². The lowest BCUT2D eigenvalue weighted by Crippen LogP contribution is -2.03. The largest absolute Gasteiger partial charge is 0.569 e. The van der Waals surface area contributed by atoms with Crippen molar-refractivity contribution in [2.45, 2.75) is 13.8 Å². The van der Waals surface area contributed by atoms with Crippen LogP contribution in [0.1, 0.15) is 12.5 Å². The van der Waals surface area contributed by atoms with Crippen LogP contribution in [-0.4, -0.2) is 26.4 Å². The smallest absolute Gasteiger partial charge is 0.535 e. The minimum Gasteiger partial charge on any atom is -0.535 e. The minimum absolute atomic E-state index is 0.459. The van der Waals surface area contributed by atoms with Crippen LogP contribution in [0.4, 0.5) is 0 Å². The van der Waals surface area contributed by atoms with Crippen LogP contribution in [0.5, 0.6) is 17.2 Å². The molecule has 0 aromatic heterocycles. The van der Waals surface area contributed by atoms with E-state index in [0.29, 0.717) is 25.8 Å². The van der Waals surface area contributed by atoms with E-state index in [9.17, 15) is 0 Å². The molecule has 0 bridgehead atoms. The fourth-order valence-corrected chi connectivity index (χ4v) is 1.26. The quantitative estimate of drug-likeness (QED) is 0.742. The Bertz CT molecular complexity index is 327. The summed E-state index contributed by atoms with van der Waals surface area (Å²) in [6.07, 6.45) is 0. The first-order chi connectivity index (χ1) is 7.22. The molecule has 1 radical (unpaired) electrons. The van der Waals surface area contributed by atoms with Crippen LogP contribution >= 0.6 is 0 Å². The van der Waals surface area contributed by atoms with Crippen LogP contribution in [0, 0.1) is 6.92 Å². The topological polar surface area (TPSA) is 47.9 Å². The molecule has 4 nitrogen and oxygen atoms in total. The van der Waals surface area contributed by atoms with E-state index in [1.165, 1.54) is 7.11 Å².